The first-order valence-electron chi connectivity index (χ1n) is 3.58. The van der Waals surface area contributed by atoms with Crippen LogP contribution >= 0.6 is 0 Å². The van der Waals surface area contributed by atoms with Crippen LogP contribution in [0.15, 0.2) is 0 Å². The lowest BCUT2D eigenvalue weighted by Gasteiger charge is -2.37. The van der Waals surface area contributed by atoms with Crippen LogP contribution in [-0.2, 0) is 4.79 Å². The number of carboxylic acid groups (broad SMARTS) is 1. The van der Waals surface area contributed by atoms with Gasteiger partial charge in [-0.1, -0.05) is 6.42 Å². The molecule has 0 spiro atoms. The quantitative estimate of drug-likeness (QED) is 0.691. The summed E-state index contributed by atoms with van der Waals surface area (Å²) in [5.74, 6) is -1.07. The van der Waals surface area contributed by atoms with Crippen LogP contribution < -0.4 is 0 Å². The molecule has 0 saturated heterocycles. The van der Waals surface area contributed by atoms with E-state index in [1.165, 1.54) is 0 Å². The van der Waals surface area contributed by atoms with Crippen molar-refractivity contribution < 1.29 is 18.7 Å². The molecule has 0 heterocycles. The molecule has 0 amide bonds. The molecule has 0 bridgehead atoms. The molecule has 64 valence electrons. The maximum absolute atomic E-state index is 11.8. The lowest BCUT2D eigenvalue weighted by molar-refractivity contribution is -0.158. The Hall–Kier alpha value is -0.670. The molecule has 1 aliphatic rings. The van der Waals surface area contributed by atoms with Gasteiger partial charge in [-0.3, -0.25) is 4.79 Å². The van der Waals surface area contributed by atoms with E-state index in [9.17, 15) is 13.6 Å². The summed E-state index contributed by atoms with van der Waals surface area (Å²) in [5, 5.41) is 8.60. The van der Waals surface area contributed by atoms with Crippen LogP contribution in [0.25, 0.3) is 0 Å². The molecule has 0 radical (unpaired) electrons. The first-order valence-corrected chi connectivity index (χ1v) is 3.58. The highest BCUT2D eigenvalue weighted by atomic mass is 19.3. The molecule has 0 aromatic carbocycles. The first kappa shape index (κ1) is 8.43. The monoisotopic (exact) mass is 164 g/mol. The summed E-state index contributed by atoms with van der Waals surface area (Å²) in [6, 6.07) is 0. The topological polar surface area (TPSA) is 37.3 Å². The smallest absolute Gasteiger partial charge is 0.309 e. The van der Waals surface area contributed by atoms with Crippen LogP contribution in [0, 0.1) is 5.41 Å². The van der Waals surface area contributed by atoms with Crippen molar-refractivity contribution in [2.75, 3.05) is 0 Å². The maximum atomic E-state index is 11.8. The molecule has 1 saturated carbocycles. The average Bonchev–Trinajstić information content (AvgIpc) is 1.77. The van der Waals surface area contributed by atoms with E-state index in [0.29, 0.717) is 12.8 Å². The summed E-state index contributed by atoms with van der Waals surface area (Å²) in [5.41, 5.74) is -1.09. The lowest BCUT2D eigenvalue weighted by atomic mass is 9.67. The average molecular weight is 164 g/mol. The summed E-state index contributed by atoms with van der Waals surface area (Å²) in [6.07, 6.45) is -1.40. The van der Waals surface area contributed by atoms with Gasteiger partial charge in [-0.25, -0.2) is 8.78 Å². The molecular weight excluding hydrogens is 154 g/mol. The van der Waals surface area contributed by atoms with Crippen LogP contribution in [0.5, 0.6) is 0 Å². The molecule has 1 N–H and O–H groups in total. The van der Waals surface area contributed by atoms with Gasteiger partial charge in [-0.05, 0) is 12.8 Å². The third kappa shape index (κ3) is 1.49. The van der Waals surface area contributed by atoms with E-state index in [1.54, 1.807) is 0 Å². The van der Waals surface area contributed by atoms with E-state index in [1.807, 2.05) is 0 Å². The molecule has 1 fully saturated rings. The van der Waals surface area contributed by atoms with Crippen LogP contribution in [0.1, 0.15) is 25.7 Å². The minimum atomic E-state index is -2.49. The summed E-state index contributed by atoms with van der Waals surface area (Å²) in [6.45, 7) is 0. The maximum Gasteiger partial charge on any atom is 0.309 e. The minimum Gasteiger partial charge on any atom is -0.481 e. The van der Waals surface area contributed by atoms with Crippen LogP contribution in [0.4, 0.5) is 8.78 Å². The van der Waals surface area contributed by atoms with Crippen molar-refractivity contribution in [3.05, 3.63) is 0 Å². The first-order chi connectivity index (χ1) is 5.07. The zero-order chi connectivity index (χ0) is 8.48. The fourth-order valence-corrected chi connectivity index (χ4v) is 1.40. The Kier molecular flexibility index (Phi) is 2.11. The third-order valence-corrected chi connectivity index (χ3v) is 2.31. The molecule has 0 atom stereocenters. The molecule has 1 aliphatic carbocycles. The van der Waals surface area contributed by atoms with Gasteiger partial charge in [-0.15, -0.1) is 0 Å². The van der Waals surface area contributed by atoms with E-state index >= 15 is 0 Å². The van der Waals surface area contributed by atoms with E-state index in [2.05, 4.69) is 0 Å². The van der Waals surface area contributed by atoms with Gasteiger partial charge in [0, 0.05) is 6.42 Å². The largest absolute Gasteiger partial charge is 0.481 e. The van der Waals surface area contributed by atoms with Gasteiger partial charge in [0.25, 0.3) is 0 Å². The highest BCUT2D eigenvalue weighted by Crippen LogP contribution is 2.45. The van der Waals surface area contributed by atoms with Crippen molar-refractivity contribution in [3.63, 3.8) is 0 Å². The fraction of sp³-hybridized carbons (Fsp3) is 0.857. The van der Waals surface area contributed by atoms with Crippen LogP contribution in [-0.4, -0.2) is 17.5 Å². The molecule has 4 heteroatoms. The summed E-state index contributed by atoms with van der Waals surface area (Å²) < 4.78 is 23.7. The second kappa shape index (κ2) is 2.75. The van der Waals surface area contributed by atoms with Gasteiger partial charge in [0.15, 0.2) is 0 Å². The molecule has 11 heavy (non-hydrogen) atoms. The number of halogens is 2. The second-order valence-corrected chi connectivity index (χ2v) is 3.03. The molecule has 1 rings (SSSR count). The van der Waals surface area contributed by atoms with Crippen molar-refractivity contribution in [1.29, 1.82) is 0 Å². The van der Waals surface area contributed by atoms with Crippen molar-refractivity contribution in [2.24, 2.45) is 5.41 Å². The molecular formula is C7H10F2O2. The Morgan fingerprint density at radius 2 is 2.09 bits per heavy atom. The van der Waals surface area contributed by atoms with E-state index in [4.69, 9.17) is 5.11 Å². The van der Waals surface area contributed by atoms with Gasteiger partial charge < -0.3 is 5.11 Å². The van der Waals surface area contributed by atoms with Crippen molar-refractivity contribution in [1.82, 2.24) is 0 Å². The van der Waals surface area contributed by atoms with Crippen LogP contribution in [0.2, 0.25) is 0 Å². The zero-order valence-corrected chi connectivity index (χ0v) is 6.02. The molecule has 2 nitrogen and oxygen atoms in total. The summed E-state index contributed by atoms with van der Waals surface area (Å²) >= 11 is 0. The van der Waals surface area contributed by atoms with Crippen LogP contribution in [0.3, 0.4) is 0 Å². The van der Waals surface area contributed by atoms with E-state index in [0.717, 1.165) is 6.42 Å². The zero-order valence-electron chi connectivity index (χ0n) is 6.02. The van der Waals surface area contributed by atoms with Crippen molar-refractivity contribution >= 4 is 5.97 Å². The normalized spacial score (nSPS) is 21.4. The lowest BCUT2D eigenvalue weighted by Crippen LogP contribution is -2.39. The Bertz CT molecular complexity index is 164. The van der Waals surface area contributed by atoms with Gasteiger partial charge in [-0.2, -0.15) is 0 Å². The highest BCUT2D eigenvalue weighted by Gasteiger charge is 2.46. The SMILES string of the molecule is O=C(O)C1(CC(F)F)CCC1. The number of carbonyl (C=O) groups is 1. The highest BCUT2D eigenvalue weighted by molar-refractivity contribution is 5.75. The molecule has 0 aliphatic heterocycles. The predicted molar refractivity (Wildman–Crippen MR) is 34.5 cm³/mol. The number of aliphatic carboxylic acids is 1. The van der Waals surface area contributed by atoms with E-state index in [-0.39, 0.29) is 0 Å². The number of hydrogen-bond donors (Lipinski definition) is 1. The van der Waals surface area contributed by atoms with Crippen molar-refractivity contribution in [3.8, 4) is 0 Å². The molecule has 0 aromatic rings. The second-order valence-electron chi connectivity index (χ2n) is 3.03. The van der Waals surface area contributed by atoms with Crippen molar-refractivity contribution in [2.45, 2.75) is 32.1 Å². The van der Waals surface area contributed by atoms with Gasteiger partial charge in [0.05, 0.1) is 5.41 Å². The Balaban J connectivity index is 2.54. The molecule has 0 aromatic heterocycles. The Morgan fingerprint density at radius 3 is 2.18 bits per heavy atom. The van der Waals surface area contributed by atoms with Gasteiger partial charge in [0.1, 0.15) is 0 Å². The fourth-order valence-electron chi connectivity index (χ4n) is 1.40. The number of carboxylic acids is 1. The Labute approximate surface area is 63.2 Å². The molecule has 0 unspecified atom stereocenters. The van der Waals surface area contributed by atoms with E-state index < -0.39 is 24.2 Å². The third-order valence-electron chi connectivity index (χ3n) is 2.31. The van der Waals surface area contributed by atoms with Gasteiger partial charge in [0.2, 0.25) is 6.43 Å². The Morgan fingerprint density at radius 1 is 1.55 bits per heavy atom. The minimum absolute atomic E-state index is 0.409. The van der Waals surface area contributed by atoms with Gasteiger partial charge >= 0.3 is 5.97 Å². The number of rotatable bonds is 3. The summed E-state index contributed by atoms with van der Waals surface area (Å²) in [7, 11) is 0. The number of alkyl halides is 2. The standard InChI is InChI=1S/C7H10F2O2/c8-5(9)4-7(6(10)11)2-1-3-7/h5H,1-4H2,(H,10,11). The predicted octanol–water partition coefficient (Wildman–Crippen LogP) is 1.90. The number of hydrogen-bond acceptors (Lipinski definition) is 1. The summed E-state index contributed by atoms with van der Waals surface area (Å²) in [4.78, 5) is 10.5.